The van der Waals surface area contributed by atoms with Crippen LogP contribution in [0.2, 0.25) is 5.02 Å². The van der Waals surface area contributed by atoms with Gasteiger partial charge in [-0.15, -0.1) is 0 Å². The molecule has 0 unspecified atom stereocenters. The van der Waals surface area contributed by atoms with Crippen LogP contribution in [0.25, 0.3) is 0 Å². The Morgan fingerprint density at radius 2 is 2.12 bits per heavy atom. The summed E-state index contributed by atoms with van der Waals surface area (Å²) in [6.07, 6.45) is -0.754. The number of sulfonamides is 1. The standard InChI is InChI=1S/C10H15ClN2O3S/c1-6-3-8(4-9(12)10(6)11)17(15,16)13-5-7(2)14/h3-4,7,13-14H,5,12H2,1-2H3/t7-/m0/s1. The average molecular weight is 279 g/mol. The van der Waals surface area contributed by atoms with E-state index < -0.39 is 16.1 Å². The number of hydrogen-bond acceptors (Lipinski definition) is 4. The van der Waals surface area contributed by atoms with E-state index in [1.54, 1.807) is 6.92 Å². The van der Waals surface area contributed by atoms with Gasteiger partial charge >= 0.3 is 0 Å². The molecule has 96 valence electrons. The van der Waals surface area contributed by atoms with E-state index in [1.165, 1.54) is 19.1 Å². The Balaban J connectivity index is 3.08. The third-order valence-electron chi connectivity index (χ3n) is 2.14. The molecule has 1 rings (SSSR count). The highest BCUT2D eigenvalue weighted by Gasteiger charge is 2.17. The number of hydrogen-bond donors (Lipinski definition) is 3. The fourth-order valence-electron chi connectivity index (χ4n) is 1.23. The number of nitrogens with one attached hydrogen (secondary N) is 1. The zero-order chi connectivity index (χ0) is 13.2. The molecule has 0 saturated heterocycles. The maximum atomic E-state index is 11.8. The molecule has 1 atom stereocenters. The molecule has 0 amide bonds. The predicted octanol–water partition coefficient (Wildman–Crippen LogP) is 0.890. The van der Waals surface area contributed by atoms with Gasteiger partial charge in [-0.2, -0.15) is 0 Å². The molecule has 1 aromatic carbocycles. The predicted molar refractivity (Wildman–Crippen MR) is 67.5 cm³/mol. The zero-order valence-electron chi connectivity index (χ0n) is 9.57. The Kier molecular flexibility index (Phi) is 4.37. The van der Waals surface area contributed by atoms with Crippen LogP contribution >= 0.6 is 11.6 Å². The summed E-state index contributed by atoms with van der Waals surface area (Å²) in [5.74, 6) is 0. The number of aliphatic hydroxyl groups excluding tert-OH is 1. The van der Waals surface area contributed by atoms with Gasteiger partial charge in [0.1, 0.15) is 0 Å². The van der Waals surface area contributed by atoms with Gasteiger partial charge in [0.15, 0.2) is 0 Å². The molecule has 0 fully saturated rings. The number of aryl methyl sites for hydroxylation is 1. The largest absolute Gasteiger partial charge is 0.397 e. The maximum absolute atomic E-state index is 11.8. The summed E-state index contributed by atoms with van der Waals surface area (Å²) in [4.78, 5) is 0.0394. The molecule has 5 nitrogen and oxygen atoms in total. The van der Waals surface area contributed by atoms with E-state index in [2.05, 4.69) is 4.72 Å². The van der Waals surface area contributed by atoms with Gasteiger partial charge in [-0.05, 0) is 31.5 Å². The fourth-order valence-corrected chi connectivity index (χ4v) is 2.58. The normalized spacial score (nSPS) is 13.6. The lowest BCUT2D eigenvalue weighted by molar-refractivity contribution is 0.198. The van der Waals surface area contributed by atoms with Crippen LogP contribution in [0, 0.1) is 6.92 Å². The van der Waals surface area contributed by atoms with Crippen LogP contribution in [0.5, 0.6) is 0 Å². The molecule has 0 aromatic heterocycles. The summed E-state index contributed by atoms with van der Waals surface area (Å²) >= 11 is 5.85. The summed E-state index contributed by atoms with van der Waals surface area (Å²) in [6.45, 7) is 3.11. The van der Waals surface area contributed by atoms with Crippen molar-refractivity contribution in [1.29, 1.82) is 0 Å². The second-order valence-corrected chi connectivity index (χ2v) is 5.99. The topological polar surface area (TPSA) is 92.4 Å². The highest BCUT2D eigenvalue weighted by molar-refractivity contribution is 7.89. The molecule has 0 aliphatic heterocycles. The first-order valence-electron chi connectivity index (χ1n) is 4.97. The lowest BCUT2D eigenvalue weighted by Gasteiger charge is -2.10. The minimum atomic E-state index is -3.67. The Hall–Kier alpha value is -0.820. The van der Waals surface area contributed by atoms with E-state index in [9.17, 15) is 8.42 Å². The van der Waals surface area contributed by atoms with Gasteiger partial charge in [0.2, 0.25) is 10.0 Å². The Morgan fingerprint density at radius 3 is 2.59 bits per heavy atom. The lowest BCUT2D eigenvalue weighted by atomic mass is 10.2. The fraction of sp³-hybridized carbons (Fsp3) is 0.400. The third-order valence-corrected chi connectivity index (χ3v) is 4.05. The zero-order valence-corrected chi connectivity index (χ0v) is 11.1. The van der Waals surface area contributed by atoms with Gasteiger partial charge in [-0.1, -0.05) is 11.6 Å². The second-order valence-electron chi connectivity index (χ2n) is 3.84. The van der Waals surface area contributed by atoms with E-state index in [1.807, 2.05) is 0 Å². The quantitative estimate of drug-likeness (QED) is 0.713. The summed E-state index contributed by atoms with van der Waals surface area (Å²) < 4.78 is 25.9. The minimum absolute atomic E-state index is 0.0394. The van der Waals surface area contributed by atoms with Crippen LogP contribution in [0.15, 0.2) is 17.0 Å². The molecule has 1 aromatic rings. The molecule has 0 spiro atoms. The number of aliphatic hydroxyl groups is 1. The first-order chi connectivity index (χ1) is 7.74. The third kappa shape index (κ3) is 3.57. The molecular weight excluding hydrogens is 264 g/mol. The van der Waals surface area contributed by atoms with Crippen molar-refractivity contribution in [2.75, 3.05) is 12.3 Å². The van der Waals surface area contributed by atoms with Gasteiger partial charge < -0.3 is 10.8 Å². The number of rotatable bonds is 4. The van der Waals surface area contributed by atoms with Crippen molar-refractivity contribution in [2.45, 2.75) is 24.8 Å². The Bertz CT molecular complexity index is 491. The molecule has 0 aliphatic carbocycles. The van der Waals surface area contributed by atoms with Crippen molar-refractivity contribution < 1.29 is 13.5 Å². The SMILES string of the molecule is Cc1cc(S(=O)(=O)NC[C@H](C)O)cc(N)c1Cl. The molecule has 0 aliphatic rings. The van der Waals surface area contributed by atoms with E-state index in [-0.39, 0.29) is 17.1 Å². The van der Waals surface area contributed by atoms with Crippen LogP contribution in [0.4, 0.5) is 5.69 Å². The van der Waals surface area contributed by atoms with Crippen LogP contribution in [-0.4, -0.2) is 26.2 Å². The van der Waals surface area contributed by atoms with Crippen molar-refractivity contribution in [3.05, 3.63) is 22.7 Å². The van der Waals surface area contributed by atoms with E-state index >= 15 is 0 Å². The maximum Gasteiger partial charge on any atom is 0.240 e. The van der Waals surface area contributed by atoms with Crippen LogP contribution in [0.1, 0.15) is 12.5 Å². The van der Waals surface area contributed by atoms with Gasteiger partial charge in [0.25, 0.3) is 0 Å². The molecule has 17 heavy (non-hydrogen) atoms. The number of nitrogen functional groups attached to an aromatic ring is 1. The average Bonchev–Trinajstić information content (AvgIpc) is 2.22. The molecular formula is C10H15ClN2O3S. The molecule has 0 radical (unpaired) electrons. The van der Waals surface area contributed by atoms with Crippen molar-refractivity contribution in [1.82, 2.24) is 4.72 Å². The smallest absolute Gasteiger partial charge is 0.240 e. The van der Waals surface area contributed by atoms with Crippen molar-refractivity contribution >= 4 is 27.3 Å². The highest BCUT2D eigenvalue weighted by Crippen LogP contribution is 2.26. The van der Waals surface area contributed by atoms with E-state index in [0.29, 0.717) is 10.6 Å². The summed E-state index contributed by atoms with van der Waals surface area (Å²) in [5, 5.41) is 9.39. The summed E-state index contributed by atoms with van der Waals surface area (Å²) in [6, 6.07) is 2.72. The molecule has 0 saturated carbocycles. The number of halogens is 1. The molecule has 0 heterocycles. The van der Waals surface area contributed by atoms with Gasteiger partial charge in [0.05, 0.1) is 21.7 Å². The number of nitrogens with two attached hydrogens (primary N) is 1. The minimum Gasteiger partial charge on any atom is -0.397 e. The molecule has 7 heteroatoms. The van der Waals surface area contributed by atoms with Crippen molar-refractivity contribution in [3.8, 4) is 0 Å². The number of benzene rings is 1. The summed E-state index contributed by atoms with van der Waals surface area (Å²) in [7, 11) is -3.67. The van der Waals surface area contributed by atoms with Gasteiger partial charge in [0, 0.05) is 6.54 Å². The Labute approximate surface area is 106 Å². The van der Waals surface area contributed by atoms with Crippen molar-refractivity contribution in [2.24, 2.45) is 0 Å². The van der Waals surface area contributed by atoms with E-state index in [0.717, 1.165) is 0 Å². The Morgan fingerprint density at radius 1 is 1.53 bits per heavy atom. The van der Waals surface area contributed by atoms with Gasteiger partial charge in [-0.3, -0.25) is 0 Å². The monoisotopic (exact) mass is 278 g/mol. The van der Waals surface area contributed by atoms with Gasteiger partial charge in [-0.25, -0.2) is 13.1 Å². The summed E-state index contributed by atoms with van der Waals surface area (Å²) in [5.41, 5.74) is 6.40. The van der Waals surface area contributed by atoms with Crippen LogP contribution in [-0.2, 0) is 10.0 Å². The molecule has 4 N–H and O–H groups in total. The first kappa shape index (κ1) is 14.2. The highest BCUT2D eigenvalue weighted by atomic mass is 35.5. The van der Waals surface area contributed by atoms with Crippen LogP contribution < -0.4 is 10.5 Å². The lowest BCUT2D eigenvalue weighted by Crippen LogP contribution is -2.30. The second kappa shape index (κ2) is 5.22. The molecule has 0 bridgehead atoms. The first-order valence-corrected chi connectivity index (χ1v) is 6.83. The van der Waals surface area contributed by atoms with E-state index in [4.69, 9.17) is 22.4 Å². The number of anilines is 1. The van der Waals surface area contributed by atoms with Crippen LogP contribution in [0.3, 0.4) is 0 Å². The van der Waals surface area contributed by atoms with Crippen molar-refractivity contribution in [3.63, 3.8) is 0 Å².